The van der Waals surface area contributed by atoms with Crippen LogP contribution in [-0.2, 0) is 11.2 Å². The van der Waals surface area contributed by atoms with Crippen LogP contribution in [-0.4, -0.2) is 39.2 Å². The molecule has 1 aliphatic rings. The highest BCUT2D eigenvalue weighted by Crippen LogP contribution is 2.33. The fourth-order valence-corrected chi connectivity index (χ4v) is 3.77. The van der Waals surface area contributed by atoms with Gasteiger partial charge in [0.1, 0.15) is 11.4 Å². The fraction of sp³-hybridized carbons (Fsp3) is 0.364. The van der Waals surface area contributed by atoms with E-state index in [4.69, 9.17) is 10.5 Å². The van der Waals surface area contributed by atoms with E-state index >= 15 is 0 Å². The van der Waals surface area contributed by atoms with Gasteiger partial charge in [-0.25, -0.2) is 9.37 Å². The molecule has 1 atom stereocenters. The first-order chi connectivity index (χ1) is 14.4. The van der Waals surface area contributed by atoms with Gasteiger partial charge in [-0.15, -0.1) is 0 Å². The number of rotatable bonds is 7. The smallest absolute Gasteiger partial charge is 0.237 e. The number of carbonyl (C=O) groups is 1. The van der Waals surface area contributed by atoms with Gasteiger partial charge in [0.2, 0.25) is 5.91 Å². The average Bonchev–Trinajstić information content (AvgIpc) is 3.08. The minimum atomic E-state index is -0.831. The maximum Gasteiger partial charge on any atom is 0.237 e. The summed E-state index contributed by atoms with van der Waals surface area (Å²) in [6.45, 7) is 1.82. The van der Waals surface area contributed by atoms with Crippen LogP contribution in [0.1, 0.15) is 30.4 Å². The van der Waals surface area contributed by atoms with E-state index in [1.165, 1.54) is 12.1 Å². The topological polar surface area (TPSA) is 113 Å². The summed E-state index contributed by atoms with van der Waals surface area (Å²) >= 11 is 0. The highest BCUT2D eigenvalue weighted by molar-refractivity contribution is 5.86. The summed E-state index contributed by atoms with van der Waals surface area (Å²) in [6, 6.07) is 5.41. The number of hydrogen-bond acceptors (Lipinski definition) is 5. The lowest BCUT2D eigenvalue weighted by atomic mass is 9.77. The first-order valence-corrected chi connectivity index (χ1v) is 9.98. The summed E-state index contributed by atoms with van der Waals surface area (Å²) in [6.07, 6.45) is 6.05. The highest BCUT2D eigenvalue weighted by atomic mass is 19.1. The summed E-state index contributed by atoms with van der Waals surface area (Å²) in [5, 5.41) is 13.1. The number of nitrogens with two attached hydrogens (primary N) is 1. The van der Waals surface area contributed by atoms with Crippen LogP contribution in [0.4, 0.5) is 4.39 Å². The highest BCUT2D eigenvalue weighted by Gasteiger charge is 2.38. The van der Waals surface area contributed by atoms with Crippen LogP contribution < -0.4 is 15.8 Å². The van der Waals surface area contributed by atoms with Crippen LogP contribution in [0.2, 0.25) is 0 Å². The predicted octanol–water partition coefficient (Wildman–Crippen LogP) is 2.70. The summed E-state index contributed by atoms with van der Waals surface area (Å²) in [5.74, 6) is -0.287. The number of hydrogen-bond donors (Lipinski definition) is 4. The van der Waals surface area contributed by atoms with E-state index in [0.29, 0.717) is 17.0 Å². The molecule has 0 radical (unpaired) electrons. The van der Waals surface area contributed by atoms with Gasteiger partial charge in [-0.3, -0.25) is 4.79 Å². The molecular weight excluding hydrogens is 387 g/mol. The number of aryl methyl sites for hydroxylation is 1. The van der Waals surface area contributed by atoms with Crippen molar-refractivity contribution in [2.75, 3.05) is 6.61 Å². The molecule has 2 heterocycles. The van der Waals surface area contributed by atoms with Crippen LogP contribution in [0.25, 0.3) is 11.0 Å². The van der Waals surface area contributed by atoms with Crippen LogP contribution in [0.3, 0.4) is 0 Å². The van der Waals surface area contributed by atoms with Crippen molar-refractivity contribution < 1.29 is 19.0 Å². The molecule has 158 valence electrons. The Balaban J connectivity index is 1.45. The van der Waals surface area contributed by atoms with Gasteiger partial charge in [0.05, 0.1) is 23.6 Å². The van der Waals surface area contributed by atoms with Crippen molar-refractivity contribution in [2.24, 2.45) is 5.73 Å². The Morgan fingerprint density at radius 2 is 2.20 bits per heavy atom. The second-order valence-corrected chi connectivity index (χ2v) is 7.96. The number of aliphatic hydroxyl groups is 1. The molecule has 0 spiro atoms. The number of nitrogens with zero attached hydrogens (tertiary/aromatic N) is 1. The van der Waals surface area contributed by atoms with Crippen molar-refractivity contribution in [1.29, 1.82) is 0 Å². The van der Waals surface area contributed by atoms with Gasteiger partial charge in [0, 0.05) is 12.4 Å². The number of benzene rings is 1. The number of aliphatic hydroxyl groups excluding tert-OH is 1. The number of nitrogens with one attached hydrogen (secondary N) is 2. The summed E-state index contributed by atoms with van der Waals surface area (Å²) in [7, 11) is 0. The van der Waals surface area contributed by atoms with Crippen molar-refractivity contribution in [2.45, 2.75) is 44.2 Å². The second kappa shape index (κ2) is 8.04. The van der Waals surface area contributed by atoms with Crippen molar-refractivity contribution in [3.63, 3.8) is 0 Å². The normalized spacial score (nSPS) is 16.1. The second-order valence-electron chi connectivity index (χ2n) is 7.96. The van der Waals surface area contributed by atoms with E-state index in [1.807, 2.05) is 13.1 Å². The number of aromatic amines is 1. The first-order valence-electron chi connectivity index (χ1n) is 9.98. The van der Waals surface area contributed by atoms with Crippen molar-refractivity contribution in [3.05, 3.63) is 53.6 Å². The molecule has 8 heteroatoms. The Morgan fingerprint density at radius 1 is 1.40 bits per heavy atom. The number of pyridine rings is 1. The van der Waals surface area contributed by atoms with E-state index < -0.39 is 17.4 Å². The molecule has 1 amide bonds. The third kappa shape index (κ3) is 3.88. The van der Waals surface area contributed by atoms with Gasteiger partial charge in [-0.1, -0.05) is 6.07 Å². The molecule has 2 aromatic heterocycles. The van der Waals surface area contributed by atoms with Gasteiger partial charge in [-0.05, 0) is 61.9 Å². The molecule has 1 unspecified atom stereocenters. The minimum Gasteiger partial charge on any atom is -0.453 e. The zero-order valence-electron chi connectivity index (χ0n) is 16.7. The molecule has 4 rings (SSSR count). The third-order valence-corrected chi connectivity index (χ3v) is 5.74. The number of halogens is 1. The van der Waals surface area contributed by atoms with Crippen molar-refractivity contribution in [1.82, 2.24) is 15.3 Å². The average molecular weight is 412 g/mol. The van der Waals surface area contributed by atoms with Gasteiger partial charge in [0.15, 0.2) is 11.6 Å². The van der Waals surface area contributed by atoms with Crippen LogP contribution >= 0.6 is 0 Å². The molecule has 1 aromatic carbocycles. The summed E-state index contributed by atoms with van der Waals surface area (Å²) in [5.41, 5.74) is 7.67. The van der Waals surface area contributed by atoms with Gasteiger partial charge in [0.25, 0.3) is 0 Å². The maximum atomic E-state index is 14.7. The SMILES string of the molecule is Cc1c[nH]c2nccc(Oc3ccc(CC(N)C(=O)NC4(CO)CCC4)cc3F)c12. The van der Waals surface area contributed by atoms with Gasteiger partial charge in [-0.2, -0.15) is 0 Å². The molecule has 3 aromatic rings. The largest absolute Gasteiger partial charge is 0.453 e. The first kappa shape index (κ1) is 20.3. The lowest BCUT2D eigenvalue weighted by molar-refractivity contribution is -0.126. The number of H-pyrrole nitrogens is 1. The molecule has 0 bridgehead atoms. The van der Waals surface area contributed by atoms with Crippen molar-refractivity contribution in [3.8, 4) is 11.5 Å². The van der Waals surface area contributed by atoms with Gasteiger partial charge >= 0.3 is 0 Å². The molecule has 1 saturated carbocycles. The number of carbonyl (C=O) groups excluding carboxylic acids is 1. The van der Waals surface area contributed by atoms with E-state index in [9.17, 15) is 14.3 Å². The zero-order valence-corrected chi connectivity index (χ0v) is 16.7. The van der Waals surface area contributed by atoms with E-state index in [2.05, 4.69) is 15.3 Å². The Labute approximate surface area is 173 Å². The number of ether oxygens (including phenoxy) is 1. The summed E-state index contributed by atoms with van der Waals surface area (Å²) in [4.78, 5) is 19.6. The molecule has 0 saturated heterocycles. The number of fused-ring (bicyclic) bond motifs is 1. The van der Waals surface area contributed by atoms with Crippen LogP contribution in [0, 0.1) is 12.7 Å². The van der Waals surface area contributed by atoms with E-state index in [1.54, 1.807) is 18.3 Å². The van der Waals surface area contributed by atoms with E-state index in [-0.39, 0.29) is 24.7 Å². The zero-order chi connectivity index (χ0) is 21.3. The fourth-order valence-electron chi connectivity index (χ4n) is 3.77. The van der Waals surface area contributed by atoms with Gasteiger partial charge < -0.3 is 25.9 Å². The quantitative estimate of drug-likeness (QED) is 0.477. The molecule has 1 aliphatic carbocycles. The molecular formula is C22H25FN4O3. The monoisotopic (exact) mass is 412 g/mol. The number of amides is 1. The maximum absolute atomic E-state index is 14.7. The predicted molar refractivity (Wildman–Crippen MR) is 111 cm³/mol. The molecule has 5 N–H and O–H groups in total. The lowest BCUT2D eigenvalue weighted by Gasteiger charge is -2.41. The number of aromatic nitrogens is 2. The van der Waals surface area contributed by atoms with Crippen LogP contribution in [0.15, 0.2) is 36.7 Å². The summed E-state index contributed by atoms with van der Waals surface area (Å²) < 4.78 is 20.5. The van der Waals surface area contributed by atoms with E-state index in [0.717, 1.165) is 30.2 Å². The standard InChI is InChI=1S/C22H25FN4O3/c1-13-11-26-20-19(13)18(5-8-25-20)30-17-4-3-14(9-15(17)23)10-16(24)21(29)27-22(12-28)6-2-7-22/h3-5,8-9,11,16,28H,2,6-7,10,12,24H2,1H3,(H,25,26)(H,27,29). The molecule has 1 fully saturated rings. The Morgan fingerprint density at radius 3 is 2.87 bits per heavy atom. The van der Waals surface area contributed by atoms with Crippen molar-refractivity contribution >= 4 is 16.9 Å². The molecule has 0 aliphatic heterocycles. The Kier molecular flexibility index (Phi) is 5.44. The third-order valence-electron chi connectivity index (χ3n) is 5.74. The lowest BCUT2D eigenvalue weighted by Crippen LogP contribution is -2.59. The molecule has 30 heavy (non-hydrogen) atoms. The molecule has 7 nitrogen and oxygen atoms in total. The Bertz CT molecular complexity index is 1070. The Hall–Kier alpha value is -2.97. The minimum absolute atomic E-state index is 0.0820. The van der Waals surface area contributed by atoms with Crippen LogP contribution in [0.5, 0.6) is 11.5 Å².